The van der Waals surface area contributed by atoms with Crippen molar-refractivity contribution >= 4 is 5.82 Å². The zero-order valence-corrected chi connectivity index (χ0v) is 14.7. The molecule has 24 heavy (non-hydrogen) atoms. The monoisotopic (exact) mass is 327 g/mol. The van der Waals surface area contributed by atoms with Crippen molar-refractivity contribution < 1.29 is 0 Å². The maximum Gasteiger partial charge on any atom is 0.151 e. The minimum Gasteiger partial charge on any atom is -0.354 e. The van der Waals surface area contributed by atoms with Crippen molar-refractivity contribution in [3.8, 4) is 0 Å². The fraction of sp³-hybridized carbons (Fsp3) is 0.789. The molecule has 2 unspecified atom stereocenters. The number of fused-ring (bicyclic) bond motifs is 2. The lowest BCUT2D eigenvalue weighted by molar-refractivity contribution is 0.145. The highest BCUT2D eigenvalue weighted by atomic mass is 15.3. The Balaban J connectivity index is 1.07. The molecule has 2 atom stereocenters. The number of piperidine rings is 1. The van der Waals surface area contributed by atoms with Crippen LogP contribution >= 0.6 is 0 Å². The minimum atomic E-state index is 0.699. The Kier molecular flexibility index (Phi) is 3.74. The van der Waals surface area contributed by atoms with Crippen LogP contribution in [0.4, 0.5) is 5.82 Å². The third-order valence-electron chi connectivity index (χ3n) is 6.74. The van der Waals surface area contributed by atoms with Crippen molar-refractivity contribution in [1.29, 1.82) is 0 Å². The Morgan fingerprint density at radius 2 is 1.79 bits per heavy atom. The van der Waals surface area contributed by atoms with Gasteiger partial charge in [0.15, 0.2) is 5.82 Å². The second-order valence-electron chi connectivity index (χ2n) is 8.49. The van der Waals surface area contributed by atoms with E-state index in [1.54, 1.807) is 0 Å². The predicted molar refractivity (Wildman–Crippen MR) is 95.3 cm³/mol. The van der Waals surface area contributed by atoms with Gasteiger partial charge in [0.2, 0.25) is 0 Å². The summed E-state index contributed by atoms with van der Waals surface area (Å²) in [5, 5.41) is 12.7. The molecule has 4 fully saturated rings. The van der Waals surface area contributed by atoms with Crippen molar-refractivity contribution in [3.63, 3.8) is 0 Å². The second kappa shape index (κ2) is 5.95. The van der Waals surface area contributed by atoms with E-state index in [0.717, 1.165) is 49.5 Å². The number of anilines is 1. The molecule has 0 spiro atoms. The first kappa shape index (κ1) is 15.1. The van der Waals surface area contributed by atoms with E-state index in [4.69, 9.17) is 0 Å². The van der Waals surface area contributed by atoms with Gasteiger partial charge in [-0.1, -0.05) is 0 Å². The molecule has 5 heteroatoms. The second-order valence-corrected chi connectivity index (χ2v) is 8.49. The van der Waals surface area contributed by atoms with E-state index in [9.17, 15) is 0 Å². The Bertz CT molecular complexity index is 564. The van der Waals surface area contributed by atoms with E-state index in [1.165, 1.54) is 44.2 Å². The molecule has 5 rings (SSSR count). The first-order valence-corrected chi connectivity index (χ1v) is 9.80. The molecule has 4 aliphatic rings. The normalized spacial score (nSPS) is 33.7. The van der Waals surface area contributed by atoms with Crippen LogP contribution in [0.5, 0.6) is 0 Å². The molecule has 1 aliphatic carbocycles. The molecule has 1 aromatic rings. The summed E-state index contributed by atoms with van der Waals surface area (Å²) in [5.74, 6) is 2.53. The van der Waals surface area contributed by atoms with E-state index < -0.39 is 0 Å². The van der Waals surface area contributed by atoms with Crippen LogP contribution < -0.4 is 10.2 Å². The predicted octanol–water partition coefficient (Wildman–Crippen LogP) is 2.00. The lowest BCUT2D eigenvalue weighted by atomic mass is 9.95. The average Bonchev–Trinajstić information content (AvgIpc) is 3.37. The highest BCUT2D eigenvalue weighted by Gasteiger charge is 2.38. The largest absolute Gasteiger partial charge is 0.354 e. The van der Waals surface area contributed by atoms with Crippen molar-refractivity contribution in [2.75, 3.05) is 31.6 Å². The summed E-state index contributed by atoms with van der Waals surface area (Å²) >= 11 is 0. The van der Waals surface area contributed by atoms with Gasteiger partial charge in [0.05, 0.1) is 5.69 Å². The Labute approximate surface area is 144 Å². The molecule has 1 saturated carbocycles. The SMILES string of the molecule is CN1C2CCC1CC(NCC1CN(c3ccc(C4CC4)nn3)C1)C2. The summed E-state index contributed by atoms with van der Waals surface area (Å²) < 4.78 is 0. The molecular formula is C19H29N5. The topological polar surface area (TPSA) is 44.3 Å². The molecule has 0 amide bonds. The zero-order valence-electron chi connectivity index (χ0n) is 14.7. The Hall–Kier alpha value is -1.20. The molecule has 1 N–H and O–H groups in total. The third-order valence-corrected chi connectivity index (χ3v) is 6.74. The van der Waals surface area contributed by atoms with Gasteiger partial charge in [-0.2, -0.15) is 5.10 Å². The van der Waals surface area contributed by atoms with Crippen LogP contribution in [0.3, 0.4) is 0 Å². The van der Waals surface area contributed by atoms with Crippen molar-refractivity contribution in [2.24, 2.45) is 5.92 Å². The van der Waals surface area contributed by atoms with Gasteiger partial charge in [-0.3, -0.25) is 0 Å². The van der Waals surface area contributed by atoms with Crippen LogP contribution in [0.1, 0.15) is 50.1 Å². The van der Waals surface area contributed by atoms with E-state index in [2.05, 4.69) is 44.5 Å². The highest BCUT2D eigenvalue weighted by molar-refractivity contribution is 5.41. The number of aromatic nitrogens is 2. The summed E-state index contributed by atoms with van der Waals surface area (Å²) in [5.41, 5.74) is 1.19. The lowest BCUT2D eigenvalue weighted by Gasteiger charge is -2.42. The average molecular weight is 327 g/mol. The first-order valence-electron chi connectivity index (χ1n) is 9.80. The van der Waals surface area contributed by atoms with E-state index in [1.807, 2.05) is 0 Å². The molecule has 0 aromatic carbocycles. The van der Waals surface area contributed by atoms with E-state index in [0.29, 0.717) is 5.92 Å². The number of nitrogens with zero attached hydrogens (tertiary/aromatic N) is 4. The number of hydrogen-bond acceptors (Lipinski definition) is 5. The van der Waals surface area contributed by atoms with E-state index in [-0.39, 0.29) is 0 Å². The molecule has 130 valence electrons. The summed E-state index contributed by atoms with van der Waals surface area (Å²) in [7, 11) is 2.32. The first-order chi connectivity index (χ1) is 11.8. The molecule has 0 radical (unpaired) electrons. The van der Waals surface area contributed by atoms with Crippen molar-refractivity contribution in [1.82, 2.24) is 20.4 Å². The maximum absolute atomic E-state index is 4.43. The molecule has 1 aromatic heterocycles. The standard InChI is InChI=1S/C19H29N5/c1-23-16-4-5-17(23)9-15(8-16)20-10-13-11-24(12-13)19-7-6-18(21-22-19)14-2-3-14/h6-7,13-17,20H,2-5,8-12H2,1H3. The molecule has 2 bridgehead atoms. The van der Waals surface area contributed by atoms with E-state index >= 15 is 0 Å². The molecule has 3 saturated heterocycles. The zero-order chi connectivity index (χ0) is 16.1. The molecule has 4 heterocycles. The summed E-state index contributed by atoms with van der Waals surface area (Å²) in [6.45, 7) is 3.42. The summed E-state index contributed by atoms with van der Waals surface area (Å²) in [4.78, 5) is 4.99. The van der Waals surface area contributed by atoms with Crippen LogP contribution in [-0.2, 0) is 0 Å². The lowest BCUT2D eigenvalue weighted by Crippen LogP contribution is -2.54. The summed E-state index contributed by atoms with van der Waals surface area (Å²) in [6, 6.07) is 6.75. The third kappa shape index (κ3) is 2.82. The van der Waals surface area contributed by atoms with Crippen LogP contribution in [-0.4, -0.2) is 59.9 Å². The van der Waals surface area contributed by atoms with Gasteiger partial charge in [0.1, 0.15) is 0 Å². The smallest absolute Gasteiger partial charge is 0.151 e. The summed E-state index contributed by atoms with van der Waals surface area (Å²) in [6.07, 6.45) is 8.10. The van der Waals surface area contributed by atoms with Crippen molar-refractivity contribution in [3.05, 3.63) is 17.8 Å². The molecular weight excluding hydrogens is 298 g/mol. The van der Waals surface area contributed by atoms with Crippen LogP contribution in [0.15, 0.2) is 12.1 Å². The van der Waals surface area contributed by atoms with Gasteiger partial charge in [0, 0.05) is 49.6 Å². The van der Waals surface area contributed by atoms with Gasteiger partial charge >= 0.3 is 0 Å². The minimum absolute atomic E-state index is 0.699. The van der Waals surface area contributed by atoms with Gasteiger partial charge in [0.25, 0.3) is 0 Å². The number of rotatable bonds is 5. The van der Waals surface area contributed by atoms with Crippen LogP contribution in [0, 0.1) is 5.92 Å². The number of hydrogen-bond donors (Lipinski definition) is 1. The van der Waals surface area contributed by atoms with Crippen LogP contribution in [0.2, 0.25) is 0 Å². The van der Waals surface area contributed by atoms with Gasteiger partial charge in [-0.25, -0.2) is 0 Å². The maximum atomic E-state index is 4.43. The van der Waals surface area contributed by atoms with Gasteiger partial charge in [-0.15, -0.1) is 5.10 Å². The Morgan fingerprint density at radius 3 is 2.42 bits per heavy atom. The highest BCUT2D eigenvalue weighted by Crippen LogP contribution is 2.39. The fourth-order valence-corrected chi connectivity index (χ4v) is 4.90. The quantitative estimate of drug-likeness (QED) is 0.896. The number of nitrogens with one attached hydrogen (secondary N) is 1. The Morgan fingerprint density at radius 1 is 1.04 bits per heavy atom. The van der Waals surface area contributed by atoms with Crippen molar-refractivity contribution in [2.45, 2.75) is 62.6 Å². The molecule has 3 aliphatic heterocycles. The molecule has 5 nitrogen and oxygen atoms in total. The van der Waals surface area contributed by atoms with Crippen LogP contribution in [0.25, 0.3) is 0 Å². The van der Waals surface area contributed by atoms with Gasteiger partial charge in [-0.05, 0) is 57.7 Å². The fourth-order valence-electron chi connectivity index (χ4n) is 4.90. The van der Waals surface area contributed by atoms with Gasteiger partial charge < -0.3 is 15.1 Å².